The highest BCUT2D eigenvalue weighted by molar-refractivity contribution is 5.72. The van der Waals surface area contributed by atoms with Crippen LogP contribution in [0.4, 0.5) is 0 Å². The summed E-state index contributed by atoms with van der Waals surface area (Å²) in [7, 11) is 5.53. The number of carboxylic acids is 1. The molecule has 342 valence electrons. The fraction of sp³-hybridized carbons (Fsp3) is 0.784. The first-order chi connectivity index (χ1) is 28.6. The first-order valence-corrected chi connectivity index (χ1v) is 24.2. The number of carbonyl (C=O) groups excluding carboxylic acids is 2. The summed E-state index contributed by atoms with van der Waals surface area (Å²) in [4.78, 5) is 37.1. The van der Waals surface area contributed by atoms with Gasteiger partial charge in [-0.05, 0) is 51.4 Å². The summed E-state index contributed by atoms with van der Waals surface area (Å²) in [5.41, 5.74) is 0. The summed E-state index contributed by atoms with van der Waals surface area (Å²) in [6.45, 7) is 4.63. The molecule has 0 saturated carbocycles. The van der Waals surface area contributed by atoms with Gasteiger partial charge in [0.2, 0.25) is 0 Å². The average Bonchev–Trinajstić information content (AvgIpc) is 3.19. The molecule has 0 fully saturated rings. The molecule has 0 radical (unpaired) electrons. The van der Waals surface area contributed by atoms with Gasteiger partial charge >= 0.3 is 17.9 Å². The van der Waals surface area contributed by atoms with Crippen LogP contribution in [0, 0.1) is 0 Å². The first-order valence-electron chi connectivity index (χ1n) is 24.2. The van der Waals surface area contributed by atoms with Gasteiger partial charge < -0.3 is 23.8 Å². The molecular formula is C51H92NO7+. The molecule has 59 heavy (non-hydrogen) atoms. The molecule has 2 unspecified atom stereocenters. The van der Waals surface area contributed by atoms with Crippen molar-refractivity contribution in [2.75, 3.05) is 41.0 Å². The number of aliphatic carboxylic acids is 1. The first kappa shape index (κ1) is 56.3. The minimum absolute atomic E-state index is 0.0552. The zero-order valence-corrected chi connectivity index (χ0v) is 39.0. The van der Waals surface area contributed by atoms with Crippen molar-refractivity contribution in [1.82, 2.24) is 0 Å². The molecule has 0 heterocycles. The monoisotopic (exact) mass is 831 g/mol. The molecule has 0 spiro atoms. The van der Waals surface area contributed by atoms with Gasteiger partial charge in [0.1, 0.15) is 6.61 Å². The molecule has 1 N–H and O–H groups in total. The van der Waals surface area contributed by atoms with E-state index in [0.29, 0.717) is 19.3 Å². The van der Waals surface area contributed by atoms with E-state index in [-0.39, 0.29) is 36.2 Å². The second-order valence-electron chi connectivity index (χ2n) is 17.3. The largest absolute Gasteiger partial charge is 0.477 e. The standard InChI is InChI=1S/C51H91NO7/c1-6-8-10-12-14-16-18-20-22-23-24-25-26-28-29-31-33-35-37-39-41-49(53)58-46-47(45-57-44-43-48(51(55)56)52(3,4)5)59-50(54)42-40-38-36-34-32-30-27-21-19-17-15-13-11-9-7-2/h8,10,14,16,20,22,24-25,47-48H,6-7,9,11-13,15,17-19,21,23,26-46H2,1-5H3/p+1/b10-8+,16-14+,22-20+,25-24+. The molecule has 0 amide bonds. The zero-order chi connectivity index (χ0) is 43.5. The van der Waals surface area contributed by atoms with Crippen molar-refractivity contribution >= 4 is 17.9 Å². The Balaban J connectivity index is 4.28. The van der Waals surface area contributed by atoms with Gasteiger partial charge in [-0.2, -0.15) is 0 Å². The van der Waals surface area contributed by atoms with Gasteiger partial charge in [0.25, 0.3) is 0 Å². The lowest BCUT2D eigenvalue weighted by molar-refractivity contribution is -0.887. The van der Waals surface area contributed by atoms with Crippen LogP contribution in [0.1, 0.15) is 206 Å². The summed E-state index contributed by atoms with van der Waals surface area (Å²) in [5.74, 6) is -1.47. The maximum Gasteiger partial charge on any atom is 0.362 e. The average molecular weight is 831 g/mol. The highest BCUT2D eigenvalue weighted by Crippen LogP contribution is 2.15. The lowest BCUT2D eigenvalue weighted by Gasteiger charge is -2.31. The van der Waals surface area contributed by atoms with Crippen LogP contribution >= 0.6 is 0 Å². The highest BCUT2D eigenvalue weighted by Gasteiger charge is 2.31. The van der Waals surface area contributed by atoms with Crippen molar-refractivity contribution in [2.24, 2.45) is 0 Å². The molecular weight excluding hydrogens is 739 g/mol. The molecule has 0 aliphatic carbocycles. The Morgan fingerprint density at radius 2 is 0.949 bits per heavy atom. The van der Waals surface area contributed by atoms with Crippen LogP contribution in [-0.2, 0) is 28.6 Å². The van der Waals surface area contributed by atoms with Crippen molar-refractivity contribution in [3.63, 3.8) is 0 Å². The molecule has 0 rings (SSSR count). The second-order valence-corrected chi connectivity index (χ2v) is 17.3. The number of likely N-dealkylation sites (N-methyl/N-ethyl adjacent to an activating group) is 1. The number of rotatable bonds is 43. The molecule has 0 aliphatic heterocycles. The molecule has 0 aliphatic rings. The number of ether oxygens (including phenoxy) is 3. The van der Waals surface area contributed by atoms with Crippen molar-refractivity contribution < 1.29 is 38.2 Å². The number of quaternary nitrogens is 1. The van der Waals surface area contributed by atoms with Crippen LogP contribution in [0.3, 0.4) is 0 Å². The van der Waals surface area contributed by atoms with Crippen LogP contribution in [0.2, 0.25) is 0 Å². The van der Waals surface area contributed by atoms with Crippen LogP contribution in [0.25, 0.3) is 0 Å². The van der Waals surface area contributed by atoms with Crippen molar-refractivity contribution in [2.45, 2.75) is 219 Å². The maximum absolute atomic E-state index is 12.8. The fourth-order valence-electron chi connectivity index (χ4n) is 7.02. The Labute approximate surface area is 363 Å². The third-order valence-corrected chi connectivity index (χ3v) is 10.7. The van der Waals surface area contributed by atoms with Crippen molar-refractivity contribution in [1.29, 1.82) is 0 Å². The second kappa shape index (κ2) is 42.0. The topological polar surface area (TPSA) is 99.1 Å². The third kappa shape index (κ3) is 40.5. The van der Waals surface area contributed by atoms with E-state index in [2.05, 4.69) is 62.5 Å². The Kier molecular flexibility index (Phi) is 40.1. The molecule has 0 aromatic carbocycles. The number of esters is 2. The van der Waals surface area contributed by atoms with Gasteiger partial charge in [0.05, 0.1) is 34.4 Å². The van der Waals surface area contributed by atoms with E-state index in [0.717, 1.165) is 70.6 Å². The Morgan fingerprint density at radius 3 is 1.41 bits per heavy atom. The maximum atomic E-state index is 12.8. The minimum Gasteiger partial charge on any atom is -0.477 e. The predicted molar refractivity (Wildman–Crippen MR) is 248 cm³/mol. The number of carboxylic acid groups (broad SMARTS) is 1. The zero-order valence-electron chi connectivity index (χ0n) is 39.0. The summed E-state index contributed by atoms with van der Waals surface area (Å²) in [6, 6.07) is -0.616. The fourth-order valence-corrected chi connectivity index (χ4v) is 7.02. The molecule has 2 atom stereocenters. The van der Waals surface area contributed by atoms with Crippen LogP contribution in [0.15, 0.2) is 48.6 Å². The van der Waals surface area contributed by atoms with Gasteiger partial charge in [-0.1, -0.05) is 184 Å². The lowest BCUT2D eigenvalue weighted by atomic mass is 10.0. The van der Waals surface area contributed by atoms with E-state index in [1.165, 1.54) is 103 Å². The molecule has 8 nitrogen and oxygen atoms in total. The normalized spacial score (nSPS) is 13.3. The number of nitrogens with zero attached hydrogens (tertiary/aromatic N) is 1. The highest BCUT2D eigenvalue weighted by atomic mass is 16.6. The van der Waals surface area contributed by atoms with E-state index in [1.54, 1.807) is 0 Å². The third-order valence-electron chi connectivity index (χ3n) is 10.7. The lowest BCUT2D eigenvalue weighted by Crippen LogP contribution is -2.50. The van der Waals surface area contributed by atoms with Crippen molar-refractivity contribution in [3.8, 4) is 0 Å². The van der Waals surface area contributed by atoms with E-state index in [1.807, 2.05) is 21.1 Å². The number of unbranched alkanes of at least 4 members (excludes halogenated alkanes) is 21. The predicted octanol–water partition coefficient (Wildman–Crippen LogP) is 13.6. The van der Waals surface area contributed by atoms with E-state index >= 15 is 0 Å². The van der Waals surface area contributed by atoms with Gasteiger partial charge in [-0.15, -0.1) is 0 Å². The number of allylic oxidation sites excluding steroid dienone is 8. The summed E-state index contributed by atoms with van der Waals surface area (Å²) in [6.07, 6.45) is 50.1. The Morgan fingerprint density at radius 1 is 0.525 bits per heavy atom. The van der Waals surface area contributed by atoms with Crippen LogP contribution in [0.5, 0.6) is 0 Å². The van der Waals surface area contributed by atoms with E-state index in [9.17, 15) is 19.5 Å². The SMILES string of the molecule is CC/C=C/C/C=C/C/C=C/C/C=C/CCCCCCCCCC(=O)OCC(COCCC(C(=O)O)[N+](C)(C)C)OC(=O)CCCCCCCCCCCCCCCCC. The summed E-state index contributed by atoms with van der Waals surface area (Å²) < 4.78 is 17.3. The Bertz CT molecular complexity index is 1110. The molecule has 0 aromatic rings. The van der Waals surface area contributed by atoms with Crippen LogP contribution < -0.4 is 0 Å². The van der Waals surface area contributed by atoms with Crippen molar-refractivity contribution in [3.05, 3.63) is 48.6 Å². The number of hydrogen-bond acceptors (Lipinski definition) is 6. The molecule has 0 aromatic heterocycles. The Hall–Kier alpha value is -2.71. The molecule has 8 heteroatoms. The smallest absolute Gasteiger partial charge is 0.362 e. The summed E-state index contributed by atoms with van der Waals surface area (Å²) >= 11 is 0. The summed E-state index contributed by atoms with van der Waals surface area (Å²) in [5, 5.41) is 9.64. The van der Waals surface area contributed by atoms with Crippen LogP contribution in [-0.4, -0.2) is 80.6 Å². The van der Waals surface area contributed by atoms with Gasteiger partial charge in [-0.3, -0.25) is 9.59 Å². The quantitative estimate of drug-likeness (QED) is 0.0283. The minimum atomic E-state index is -0.876. The van der Waals surface area contributed by atoms with Gasteiger partial charge in [-0.25, -0.2) is 4.79 Å². The van der Waals surface area contributed by atoms with Gasteiger partial charge in [0, 0.05) is 19.3 Å². The number of carbonyl (C=O) groups is 3. The van der Waals surface area contributed by atoms with E-state index in [4.69, 9.17) is 14.2 Å². The van der Waals surface area contributed by atoms with E-state index < -0.39 is 18.1 Å². The van der Waals surface area contributed by atoms with Gasteiger partial charge in [0.15, 0.2) is 12.1 Å². The molecule has 0 bridgehead atoms. The molecule has 0 saturated heterocycles. The number of hydrogen-bond donors (Lipinski definition) is 1.